The van der Waals surface area contributed by atoms with Gasteiger partial charge in [-0.1, -0.05) is 0 Å². The number of rotatable bonds is 2. The molecule has 1 atom stereocenters. The molecule has 0 saturated carbocycles. The number of halogens is 4. The molecule has 1 fully saturated rings. The van der Waals surface area contributed by atoms with Crippen molar-refractivity contribution in [3.63, 3.8) is 0 Å². The van der Waals surface area contributed by atoms with E-state index in [0.717, 1.165) is 8.95 Å². The number of piperidine rings is 1. The molecule has 1 unspecified atom stereocenters. The van der Waals surface area contributed by atoms with Gasteiger partial charge in [-0.15, -0.1) is 0 Å². The zero-order valence-corrected chi connectivity index (χ0v) is 14.7. The number of hydrogen-bond acceptors (Lipinski definition) is 2. The smallest absolute Gasteiger partial charge is 0.252 e. The minimum absolute atomic E-state index is 0.0174. The predicted octanol–water partition coefficient (Wildman–Crippen LogP) is 3.19. The number of benzene rings is 1. The van der Waals surface area contributed by atoms with E-state index in [0.29, 0.717) is 5.69 Å². The van der Waals surface area contributed by atoms with Crippen LogP contribution in [0.4, 0.5) is 14.5 Å². The van der Waals surface area contributed by atoms with Gasteiger partial charge in [-0.2, -0.15) is 0 Å². The quantitative estimate of drug-likeness (QED) is 0.489. The van der Waals surface area contributed by atoms with Crippen LogP contribution in [-0.4, -0.2) is 35.2 Å². The van der Waals surface area contributed by atoms with Crippen LogP contribution in [0.3, 0.4) is 0 Å². The van der Waals surface area contributed by atoms with Crippen LogP contribution in [0.15, 0.2) is 32.1 Å². The summed E-state index contributed by atoms with van der Waals surface area (Å²) >= 11 is 6.68. The minimum atomic E-state index is -2.84. The number of nitrogens with zero attached hydrogens (tertiary/aromatic N) is 2. The molecule has 1 aromatic carbocycles. The molecule has 1 saturated heterocycles. The standard InChI is InChI=1S/C13H15Br2F2N5/c14-8-2-1-7(5-9(8)15)21-11(18)10-6-13(16,17)3-4-22(10)12(19)20/h1-2,5,10H,3-4,6H2,(H2,18,21)(H3,19,20). The van der Waals surface area contributed by atoms with E-state index in [1.54, 1.807) is 18.2 Å². The molecular formula is C13H15Br2F2N5. The van der Waals surface area contributed by atoms with Crippen molar-refractivity contribution in [1.82, 2.24) is 4.90 Å². The van der Waals surface area contributed by atoms with E-state index < -0.39 is 18.4 Å². The van der Waals surface area contributed by atoms with Crippen LogP contribution < -0.4 is 11.5 Å². The Morgan fingerprint density at radius 1 is 1.32 bits per heavy atom. The molecule has 5 N–H and O–H groups in total. The number of hydrogen-bond donors (Lipinski definition) is 3. The van der Waals surface area contributed by atoms with Gasteiger partial charge in [0.1, 0.15) is 5.84 Å². The van der Waals surface area contributed by atoms with Gasteiger partial charge >= 0.3 is 0 Å². The SMILES string of the molecule is N=C(N)N1CCC(F)(F)CC1C(N)=Nc1ccc(Br)c(Br)c1. The first-order chi connectivity index (χ1) is 10.2. The van der Waals surface area contributed by atoms with Gasteiger partial charge in [0.05, 0.1) is 11.7 Å². The van der Waals surface area contributed by atoms with Crippen LogP contribution in [0, 0.1) is 5.41 Å². The molecule has 5 nitrogen and oxygen atoms in total. The molecule has 0 aliphatic carbocycles. The Hall–Kier alpha value is -1.22. The van der Waals surface area contributed by atoms with Crippen LogP contribution in [-0.2, 0) is 0 Å². The maximum Gasteiger partial charge on any atom is 0.252 e. The van der Waals surface area contributed by atoms with Crippen molar-refractivity contribution >= 4 is 49.3 Å². The average Bonchev–Trinajstić information content (AvgIpc) is 2.41. The van der Waals surface area contributed by atoms with Crippen molar-refractivity contribution in [2.24, 2.45) is 16.5 Å². The number of aliphatic imine (C=N–C) groups is 1. The van der Waals surface area contributed by atoms with Crippen molar-refractivity contribution in [3.8, 4) is 0 Å². The lowest BCUT2D eigenvalue weighted by molar-refractivity contribution is -0.0526. The van der Waals surface area contributed by atoms with Crippen LogP contribution in [0.2, 0.25) is 0 Å². The highest BCUT2D eigenvalue weighted by Crippen LogP contribution is 2.33. The van der Waals surface area contributed by atoms with E-state index in [1.807, 2.05) is 0 Å². The summed E-state index contributed by atoms with van der Waals surface area (Å²) in [5.74, 6) is -3.10. The second-order valence-electron chi connectivity index (χ2n) is 5.04. The lowest BCUT2D eigenvalue weighted by Crippen LogP contribution is -2.56. The summed E-state index contributed by atoms with van der Waals surface area (Å²) in [6, 6.07) is 4.31. The Bertz CT molecular complexity index is 620. The van der Waals surface area contributed by atoms with Gasteiger partial charge in [0, 0.05) is 28.3 Å². The number of alkyl halides is 2. The van der Waals surface area contributed by atoms with Gasteiger partial charge in [0.25, 0.3) is 5.92 Å². The monoisotopic (exact) mass is 437 g/mol. The average molecular weight is 439 g/mol. The Labute approximate surface area is 143 Å². The number of likely N-dealkylation sites (tertiary alicyclic amines) is 1. The van der Waals surface area contributed by atoms with E-state index in [4.69, 9.17) is 16.9 Å². The lowest BCUT2D eigenvalue weighted by atomic mass is 9.98. The van der Waals surface area contributed by atoms with Crippen LogP contribution in [0.1, 0.15) is 12.8 Å². The van der Waals surface area contributed by atoms with Gasteiger partial charge in [0.15, 0.2) is 5.96 Å². The molecule has 1 aliphatic rings. The molecule has 1 heterocycles. The molecule has 9 heteroatoms. The summed E-state index contributed by atoms with van der Waals surface area (Å²) in [6.07, 6.45) is -0.847. The molecule has 2 rings (SSSR count). The highest BCUT2D eigenvalue weighted by molar-refractivity contribution is 9.13. The van der Waals surface area contributed by atoms with Crippen molar-refractivity contribution < 1.29 is 8.78 Å². The fourth-order valence-corrected chi connectivity index (χ4v) is 2.88. The Morgan fingerprint density at radius 2 is 2.00 bits per heavy atom. The molecular weight excluding hydrogens is 424 g/mol. The highest BCUT2D eigenvalue weighted by atomic mass is 79.9. The second-order valence-corrected chi connectivity index (χ2v) is 6.75. The van der Waals surface area contributed by atoms with E-state index in [9.17, 15) is 8.78 Å². The molecule has 0 aromatic heterocycles. The molecule has 1 aliphatic heterocycles. The Morgan fingerprint density at radius 3 is 2.59 bits per heavy atom. The first-order valence-electron chi connectivity index (χ1n) is 6.47. The first kappa shape index (κ1) is 17.1. The normalized spacial score (nSPS) is 21.7. The maximum atomic E-state index is 13.6. The van der Waals surface area contributed by atoms with E-state index in [-0.39, 0.29) is 24.8 Å². The zero-order valence-electron chi connectivity index (χ0n) is 11.5. The number of nitrogens with one attached hydrogen (secondary N) is 1. The van der Waals surface area contributed by atoms with Gasteiger partial charge in [-0.05, 0) is 50.1 Å². The topological polar surface area (TPSA) is 91.5 Å². The van der Waals surface area contributed by atoms with Crippen molar-refractivity contribution in [1.29, 1.82) is 5.41 Å². The third-order valence-corrected chi connectivity index (χ3v) is 5.28. The van der Waals surface area contributed by atoms with Crippen LogP contribution >= 0.6 is 31.9 Å². The van der Waals surface area contributed by atoms with Gasteiger partial charge in [-0.25, -0.2) is 13.8 Å². The van der Waals surface area contributed by atoms with Gasteiger partial charge < -0.3 is 16.4 Å². The predicted molar refractivity (Wildman–Crippen MR) is 89.7 cm³/mol. The summed E-state index contributed by atoms with van der Waals surface area (Å²) in [5.41, 5.74) is 11.9. The summed E-state index contributed by atoms with van der Waals surface area (Å²) in [7, 11) is 0. The highest BCUT2D eigenvalue weighted by Gasteiger charge is 2.42. The minimum Gasteiger partial charge on any atom is -0.385 e. The fourth-order valence-electron chi connectivity index (χ4n) is 2.27. The van der Waals surface area contributed by atoms with Gasteiger partial charge in [-0.3, -0.25) is 5.41 Å². The summed E-state index contributed by atoms with van der Waals surface area (Å²) < 4.78 is 28.9. The van der Waals surface area contributed by atoms with Crippen molar-refractivity contribution in [2.75, 3.05) is 6.54 Å². The third kappa shape index (κ3) is 3.95. The molecule has 120 valence electrons. The Balaban J connectivity index is 2.30. The first-order valence-corrected chi connectivity index (χ1v) is 8.06. The Kier molecular flexibility index (Phi) is 5.06. The van der Waals surface area contributed by atoms with Crippen molar-refractivity contribution in [2.45, 2.75) is 24.8 Å². The molecule has 1 aromatic rings. The van der Waals surface area contributed by atoms with Crippen molar-refractivity contribution in [3.05, 3.63) is 27.1 Å². The van der Waals surface area contributed by atoms with Gasteiger partial charge in [0.2, 0.25) is 0 Å². The molecule has 22 heavy (non-hydrogen) atoms. The van der Waals surface area contributed by atoms with E-state index >= 15 is 0 Å². The maximum absolute atomic E-state index is 13.6. The molecule has 0 bridgehead atoms. The largest absolute Gasteiger partial charge is 0.385 e. The lowest BCUT2D eigenvalue weighted by Gasteiger charge is -2.39. The number of nitrogens with two attached hydrogens (primary N) is 2. The summed E-state index contributed by atoms with van der Waals surface area (Å²) in [4.78, 5) is 5.55. The summed E-state index contributed by atoms with van der Waals surface area (Å²) in [5, 5.41) is 7.52. The molecule has 0 amide bonds. The zero-order chi connectivity index (χ0) is 16.5. The third-order valence-electron chi connectivity index (χ3n) is 3.40. The second kappa shape index (κ2) is 6.49. The molecule has 0 radical (unpaired) electrons. The van der Waals surface area contributed by atoms with Crippen LogP contribution in [0.25, 0.3) is 0 Å². The van der Waals surface area contributed by atoms with E-state index in [1.165, 1.54) is 4.90 Å². The number of guanidine groups is 1. The van der Waals surface area contributed by atoms with Crippen LogP contribution in [0.5, 0.6) is 0 Å². The fraction of sp³-hybridized carbons (Fsp3) is 0.385. The molecule has 0 spiro atoms. The number of amidine groups is 1. The summed E-state index contributed by atoms with van der Waals surface area (Å²) in [6.45, 7) is -0.0206. The van der Waals surface area contributed by atoms with E-state index in [2.05, 4.69) is 36.9 Å².